The minimum absolute atomic E-state index is 0. The number of rotatable bonds is 2. The van der Waals surface area contributed by atoms with Crippen LogP contribution in [0.1, 0.15) is 16.7 Å². The molecule has 0 fully saturated rings. The van der Waals surface area contributed by atoms with Crippen LogP contribution in [0.3, 0.4) is 0 Å². The van der Waals surface area contributed by atoms with Crippen LogP contribution < -0.4 is 5.32 Å². The van der Waals surface area contributed by atoms with Crippen molar-refractivity contribution in [2.45, 2.75) is 20.4 Å². The Kier molecular flexibility index (Phi) is 4.95. The van der Waals surface area contributed by atoms with E-state index in [1.54, 1.807) is 0 Å². The molecule has 1 nitrogen and oxygen atoms in total. The van der Waals surface area contributed by atoms with E-state index in [0.29, 0.717) is 0 Å². The van der Waals surface area contributed by atoms with Crippen LogP contribution in [0, 0.1) is 13.8 Å². The lowest BCUT2D eigenvalue weighted by atomic mass is 10.0. The summed E-state index contributed by atoms with van der Waals surface area (Å²) in [5, 5.41) is 3.17. The average Bonchev–Trinajstić information content (AvgIpc) is 1.97. The molecule has 0 spiro atoms. The van der Waals surface area contributed by atoms with Crippen LogP contribution in [0.15, 0.2) is 18.2 Å². The standard InChI is InChI=1S/C10H15N.ClH/c1-8-5-4-6-9(2)10(8)7-11-3;/h4-6,11H,7H2,1-3H3;1H. The Morgan fingerprint density at radius 1 is 1.17 bits per heavy atom. The number of benzene rings is 1. The van der Waals surface area contributed by atoms with Gasteiger partial charge < -0.3 is 5.32 Å². The lowest BCUT2D eigenvalue weighted by Gasteiger charge is -2.07. The smallest absolute Gasteiger partial charge is 0.0207 e. The molecule has 2 heteroatoms. The van der Waals surface area contributed by atoms with E-state index >= 15 is 0 Å². The van der Waals surface area contributed by atoms with Crippen molar-refractivity contribution in [3.8, 4) is 0 Å². The van der Waals surface area contributed by atoms with Gasteiger partial charge in [0.2, 0.25) is 0 Å². The van der Waals surface area contributed by atoms with Gasteiger partial charge in [-0.1, -0.05) is 18.2 Å². The van der Waals surface area contributed by atoms with E-state index in [2.05, 4.69) is 37.4 Å². The van der Waals surface area contributed by atoms with Gasteiger partial charge in [0.05, 0.1) is 0 Å². The predicted octanol–water partition coefficient (Wildman–Crippen LogP) is 2.44. The van der Waals surface area contributed by atoms with Gasteiger partial charge in [0.1, 0.15) is 0 Å². The summed E-state index contributed by atoms with van der Waals surface area (Å²) in [7, 11) is 1.98. The van der Waals surface area contributed by atoms with Gasteiger partial charge in [-0.3, -0.25) is 0 Å². The van der Waals surface area contributed by atoms with Crippen LogP contribution in [0.2, 0.25) is 0 Å². The van der Waals surface area contributed by atoms with Gasteiger partial charge in [-0.15, -0.1) is 12.4 Å². The molecule has 0 amide bonds. The second-order valence-electron chi connectivity index (χ2n) is 2.90. The van der Waals surface area contributed by atoms with Crippen LogP contribution in [0.4, 0.5) is 0 Å². The molecular formula is C10H16ClN. The maximum atomic E-state index is 3.17. The Morgan fingerprint density at radius 3 is 2.08 bits per heavy atom. The minimum atomic E-state index is 0. The summed E-state index contributed by atoms with van der Waals surface area (Å²) in [5.41, 5.74) is 4.17. The zero-order valence-electron chi connectivity index (χ0n) is 7.85. The molecule has 0 unspecified atom stereocenters. The van der Waals surface area contributed by atoms with E-state index in [0.717, 1.165) is 6.54 Å². The van der Waals surface area contributed by atoms with Crippen LogP contribution in [0.5, 0.6) is 0 Å². The first-order chi connectivity index (χ1) is 5.25. The third-order valence-corrected chi connectivity index (χ3v) is 2.00. The van der Waals surface area contributed by atoms with Gasteiger partial charge in [-0.2, -0.15) is 0 Å². The Balaban J connectivity index is 0.00000121. The Hall–Kier alpha value is -0.530. The molecule has 0 aliphatic carbocycles. The second-order valence-corrected chi connectivity index (χ2v) is 2.90. The number of hydrogen-bond acceptors (Lipinski definition) is 1. The van der Waals surface area contributed by atoms with E-state index < -0.39 is 0 Å². The van der Waals surface area contributed by atoms with Gasteiger partial charge in [-0.05, 0) is 37.6 Å². The van der Waals surface area contributed by atoms with Gasteiger partial charge >= 0.3 is 0 Å². The van der Waals surface area contributed by atoms with Gasteiger partial charge in [-0.25, -0.2) is 0 Å². The van der Waals surface area contributed by atoms with Crippen LogP contribution in [-0.2, 0) is 6.54 Å². The molecule has 0 aromatic heterocycles. The van der Waals surface area contributed by atoms with E-state index in [1.807, 2.05) is 7.05 Å². The molecule has 68 valence electrons. The number of nitrogens with one attached hydrogen (secondary N) is 1. The highest BCUT2D eigenvalue weighted by atomic mass is 35.5. The lowest BCUT2D eigenvalue weighted by Crippen LogP contribution is -2.07. The van der Waals surface area contributed by atoms with Crippen molar-refractivity contribution in [2.24, 2.45) is 0 Å². The molecular weight excluding hydrogens is 170 g/mol. The predicted molar refractivity (Wildman–Crippen MR) is 55.9 cm³/mol. The molecule has 0 radical (unpaired) electrons. The number of hydrogen-bond donors (Lipinski definition) is 1. The van der Waals surface area contributed by atoms with Crippen molar-refractivity contribution in [2.75, 3.05) is 7.05 Å². The molecule has 0 aliphatic heterocycles. The molecule has 1 aromatic carbocycles. The molecule has 0 aliphatic rings. The third kappa shape index (κ3) is 2.50. The topological polar surface area (TPSA) is 12.0 Å². The SMILES string of the molecule is CNCc1c(C)cccc1C.Cl. The fourth-order valence-electron chi connectivity index (χ4n) is 1.30. The fraction of sp³-hybridized carbons (Fsp3) is 0.400. The van der Waals surface area contributed by atoms with Gasteiger partial charge in [0, 0.05) is 6.54 Å². The van der Waals surface area contributed by atoms with Crippen molar-refractivity contribution in [3.63, 3.8) is 0 Å². The minimum Gasteiger partial charge on any atom is -0.316 e. The zero-order chi connectivity index (χ0) is 8.27. The molecule has 12 heavy (non-hydrogen) atoms. The summed E-state index contributed by atoms with van der Waals surface area (Å²) in [4.78, 5) is 0. The van der Waals surface area contributed by atoms with E-state index in [9.17, 15) is 0 Å². The zero-order valence-corrected chi connectivity index (χ0v) is 8.66. The highest BCUT2D eigenvalue weighted by molar-refractivity contribution is 5.85. The molecule has 0 heterocycles. The summed E-state index contributed by atoms with van der Waals surface area (Å²) in [5.74, 6) is 0. The number of aryl methyl sites for hydroxylation is 2. The molecule has 1 aromatic rings. The van der Waals surface area contributed by atoms with Crippen LogP contribution >= 0.6 is 12.4 Å². The van der Waals surface area contributed by atoms with E-state index in [1.165, 1.54) is 16.7 Å². The summed E-state index contributed by atoms with van der Waals surface area (Å²) < 4.78 is 0. The van der Waals surface area contributed by atoms with Crippen molar-refractivity contribution < 1.29 is 0 Å². The molecule has 0 saturated heterocycles. The summed E-state index contributed by atoms with van der Waals surface area (Å²) in [6, 6.07) is 6.41. The van der Waals surface area contributed by atoms with Crippen molar-refractivity contribution in [1.82, 2.24) is 5.32 Å². The fourth-order valence-corrected chi connectivity index (χ4v) is 1.30. The number of halogens is 1. The maximum absolute atomic E-state index is 3.17. The first-order valence-corrected chi connectivity index (χ1v) is 3.95. The summed E-state index contributed by atoms with van der Waals surface area (Å²) in [6.07, 6.45) is 0. The normalized spacial score (nSPS) is 9.25. The second kappa shape index (κ2) is 5.18. The van der Waals surface area contributed by atoms with E-state index in [-0.39, 0.29) is 12.4 Å². The Labute approximate surface area is 80.6 Å². The summed E-state index contributed by atoms with van der Waals surface area (Å²) in [6.45, 7) is 5.28. The van der Waals surface area contributed by atoms with Crippen LogP contribution in [-0.4, -0.2) is 7.05 Å². The third-order valence-electron chi connectivity index (χ3n) is 2.00. The lowest BCUT2D eigenvalue weighted by molar-refractivity contribution is 0.806. The molecule has 0 atom stereocenters. The van der Waals surface area contributed by atoms with Crippen molar-refractivity contribution >= 4 is 12.4 Å². The maximum Gasteiger partial charge on any atom is 0.0207 e. The molecule has 0 bridgehead atoms. The monoisotopic (exact) mass is 185 g/mol. The van der Waals surface area contributed by atoms with Gasteiger partial charge in [0.15, 0.2) is 0 Å². The molecule has 0 saturated carbocycles. The van der Waals surface area contributed by atoms with Crippen molar-refractivity contribution in [3.05, 3.63) is 34.9 Å². The largest absolute Gasteiger partial charge is 0.316 e. The average molecular weight is 186 g/mol. The molecule has 1 rings (SSSR count). The van der Waals surface area contributed by atoms with Crippen LogP contribution in [0.25, 0.3) is 0 Å². The Bertz CT molecular complexity index is 225. The summed E-state index contributed by atoms with van der Waals surface area (Å²) >= 11 is 0. The highest BCUT2D eigenvalue weighted by Gasteiger charge is 1.98. The van der Waals surface area contributed by atoms with Crippen molar-refractivity contribution in [1.29, 1.82) is 0 Å². The first kappa shape index (κ1) is 11.5. The first-order valence-electron chi connectivity index (χ1n) is 3.95. The van der Waals surface area contributed by atoms with E-state index in [4.69, 9.17) is 0 Å². The van der Waals surface area contributed by atoms with Gasteiger partial charge in [0.25, 0.3) is 0 Å². The molecule has 1 N–H and O–H groups in total. The quantitative estimate of drug-likeness (QED) is 0.747. The highest BCUT2D eigenvalue weighted by Crippen LogP contribution is 2.11. The Morgan fingerprint density at radius 2 is 1.67 bits per heavy atom.